The predicted molar refractivity (Wildman–Crippen MR) is 232 cm³/mol. The summed E-state index contributed by atoms with van der Waals surface area (Å²) in [5, 5.41) is 14.0. The van der Waals surface area contributed by atoms with Crippen LogP contribution in [0.4, 0.5) is 0 Å². The molecule has 256 valence electrons. The van der Waals surface area contributed by atoms with Crippen molar-refractivity contribution in [3.8, 4) is 0 Å². The van der Waals surface area contributed by atoms with E-state index >= 15 is 0 Å². The van der Waals surface area contributed by atoms with Gasteiger partial charge in [0.2, 0.25) is 0 Å². The van der Waals surface area contributed by atoms with Crippen molar-refractivity contribution in [1.82, 2.24) is 4.57 Å². The van der Waals surface area contributed by atoms with E-state index in [4.69, 9.17) is 9.47 Å². The minimum atomic E-state index is 1.00. The number of aromatic nitrogens is 1. The number of benzene rings is 6. The van der Waals surface area contributed by atoms with Crippen molar-refractivity contribution in [3.05, 3.63) is 97.1 Å². The van der Waals surface area contributed by atoms with Gasteiger partial charge in [-0.1, -0.05) is 72.8 Å². The number of thiophene rings is 4. The predicted octanol–water partition coefficient (Wildman–Crippen LogP) is 14.4. The van der Waals surface area contributed by atoms with Crippen LogP contribution in [-0.4, -0.2) is 31.0 Å². The van der Waals surface area contributed by atoms with Crippen LogP contribution in [0.15, 0.2) is 97.1 Å². The molecule has 0 bridgehead atoms. The quantitative estimate of drug-likeness (QED) is 0.154. The molecule has 13 rings (SSSR count). The van der Waals surface area contributed by atoms with E-state index in [1.165, 1.54) is 128 Å². The fraction of sp³-hybridized carbons (Fsp3) is 0.200. The number of aryl methyl sites for hydroxylation is 1. The molecule has 2 saturated heterocycles. The van der Waals surface area contributed by atoms with Crippen LogP contribution >= 0.6 is 45.3 Å². The monoisotopic (exact) mass is 749 g/mol. The molecule has 2 aliphatic heterocycles. The molecular weight excluding hydrogens is 715 g/mol. The van der Waals surface area contributed by atoms with Gasteiger partial charge in [0.1, 0.15) is 0 Å². The van der Waals surface area contributed by atoms with Crippen molar-refractivity contribution in [2.45, 2.75) is 25.7 Å². The molecule has 0 radical (unpaired) electrons. The van der Waals surface area contributed by atoms with Gasteiger partial charge in [-0.2, -0.15) is 0 Å². The SMILES string of the molecule is C1CCOC1.C1CCOC1.Cn1c2c3c4ccccc4sc3c3sc4ccccc4c3c2c2c3c4ccccc4sc3c3sc4ccccc4c3c21. The Balaban J connectivity index is 0.000000280. The lowest BCUT2D eigenvalue weighted by atomic mass is 9.98. The van der Waals surface area contributed by atoms with Crippen molar-refractivity contribution < 1.29 is 9.47 Å². The van der Waals surface area contributed by atoms with Gasteiger partial charge in [-0.3, -0.25) is 0 Å². The average molecular weight is 750 g/mol. The van der Waals surface area contributed by atoms with E-state index in [-0.39, 0.29) is 0 Å². The molecule has 0 N–H and O–H groups in total. The van der Waals surface area contributed by atoms with Gasteiger partial charge in [-0.15, -0.1) is 45.3 Å². The number of hydrogen-bond donors (Lipinski definition) is 0. The van der Waals surface area contributed by atoms with Crippen LogP contribution in [0.2, 0.25) is 0 Å². The molecule has 2 fully saturated rings. The third kappa shape index (κ3) is 4.60. The van der Waals surface area contributed by atoms with E-state index in [9.17, 15) is 0 Å². The highest BCUT2D eigenvalue weighted by atomic mass is 32.1. The van der Waals surface area contributed by atoms with E-state index in [1.54, 1.807) is 0 Å². The van der Waals surface area contributed by atoms with Crippen LogP contribution in [0.1, 0.15) is 25.7 Å². The molecule has 0 amide bonds. The Morgan fingerprint density at radius 1 is 0.385 bits per heavy atom. The molecule has 11 aromatic rings. The number of fused-ring (bicyclic) bond motifs is 21. The lowest BCUT2D eigenvalue weighted by molar-refractivity contribution is 0.198. The van der Waals surface area contributed by atoms with Crippen molar-refractivity contribution in [3.63, 3.8) is 0 Å². The zero-order valence-corrected chi connectivity index (χ0v) is 32.1. The lowest BCUT2D eigenvalue weighted by Crippen LogP contribution is -1.88. The summed E-state index contributed by atoms with van der Waals surface area (Å²) in [6, 6.07) is 36.1. The summed E-state index contributed by atoms with van der Waals surface area (Å²) in [7, 11) is 2.32. The van der Waals surface area contributed by atoms with Gasteiger partial charge in [-0.25, -0.2) is 0 Å². The topological polar surface area (TPSA) is 23.4 Å². The summed E-state index contributed by atoms with van der Waals surface area (Å²) in [5.41, 5.74) is 2.74. The van der Waals surface area contributed by atoms with Crippen LogP contribution in [0.3, 0.4) is 0 Å². The zero-order valence-electron chi connectivity index (χ0n) is 28.8. The van der Waals surface area contributed by atoms with Gasteiger partial charge in [0.25, 0.3) is 0 Å². The Morgan fingerprint density at radius 3 is 0.981 bits per heavy atom. The first-order chi connectivity index (χ1) is 25.8. The zero-order chi connectivity index (χ0) is 34.3. The molecule has 2 aliphatic rings. The Morgan fingerprint density at radius 2 is 0.673 bits per heavy atom. The van der Waals surface area contributed by atoms with E-state index in [0.29, 0.717) is 0 Å². The molecule has 0 atom stereocenters. The molecule has 6 aromatic carbocycles. The Labute approximate surface area is 316 Å². The molecule has 0 aliphatic carbocycles. The molecule has 0 unspecified atom stereocenters. The third-order valence-electron chi connectivity index (χ3n) is 10.8. The second kappa shape index (κ2) is 12.5. The summed E-state index contributed by atoms with van der Waals surface area (Å²) in [6.45, 7) is 4.00. The number of hydrogen-bond acceptors (Lipinski definition) is 6. The second-order valence-corrected chi connectivity index (χ2v) is 18.1. The Kier molecular flexibility index (Phi) is 7.57. The van der Waals surface area contributed by atoms with Gasteiger partial charge < -0.3 is 14.0 Å². The van der Waals surface area contributed by atoms with Crippen LogP contribution in [0.25, 0.3) is 102 Å². The first-order valence-corrected chi connectivity index (χ1v) is 21.5. The van der Waals surface area contributed by atoms with Gasteiger partial charge in [0, 0.05) is 106 Å². The fourth-order valence-electron chi connectivity index (χ4n) is 8.56. The van der Waals surface area contributed by atoms with E-state index in [0.717, 1.165) is 26.4 Å². The first kappa shape index (κ1) is 31.4. The third-order valence-corrected chi connectivity index (χ3v) is 15.8. The summed E-state index contributed by atoms with van der Waals surface area (Å²) in [5.74, 6) is 0. The van der Waals surface area contributed by atoms with Crippen LogP contribution in [0, 0.1) is 0 Å². The summed E-state index contributed by atoms with van der Waals surface area (Å²) in [4.78, 5) is 0. The lowest BCUT2D eigenvalue weighted by Gasteiger charge is -2.04. The van der Waals surface area contributed by atoms with Crippen LogP contribution in [-0.2, 0) is 16.5 Å². The summed E-state index contributed by atoms with van der Waals surface area (Å²) < 4.78 is 23.6. The number of nitrogens with zero attached hydrogens (tertiary/aromatic N) is 1. The largest absolute Gasteiger partial charge is 0.381 e. The maximum absolute atomic E-state index is 4.94. The molecule has 5 aromatic heterocycles. The molecule has 7 heterocycles. The normalized spacial score (nSPS) is 15.0. The highest BCUT2D eigenvalue weighted by molar-refractivity contribution is 7.34. The van der Waals surface area contributed by atoms with Gasteiger partial charge in [0.15, 0.2) is 0 Å². The number of rotatable bonds is 0. The van der Waals surface area contributed by atoms with Crippen molar-refractivity contribution in [2.75, 3.05) is 26.4 Å². The van der Waals surface area contributed by atoms with E-state index in [1.807, 2.05) is 45.3 Å². The number of ether oxygens (including phenoxy) is 2. The minimum Gasteiger partial charge on any atom is -0.381 e. The average Bonchev–Trinajstić information content (AvgIpc) is 4.03. The molecule has 0 spiro atoms. The highest BCUT2D eigenvalue weighted by Gasteiger charge is 2.28. The van der Waals surface area contributed by atoms with Crippen molar-refractivity contribution >= 4 is 148 Å². The Hall–Kier alpha value is -4.08. The highest BCUT2D eigenvalue weighted by Crippen LogP contribution is 2.56. The molecule has 0 saturated carbocycles. The molecule has 3 nitrogen and oxygen atoms in total. The Bertz CT molecular complexity index is 2940. The van der Waals surface area contributed by atoms with Gasteiger partial charge >= 0.3 is 0 Å². The fourth-order valence-corrected chi connectivity index (χ4v) is 13.7. The van der Waals surface area contributed by atoms with Crippen molar-refractivity contribution in [2.24, 2.45) is 7.05 Å². The van der Waals surface area contributed by atoms with Gasteiger partial charge in [-0.05, 0) is 49.9 Å². The molecular formula is C45H35NO2S4. The maximum Gasteiger partial charge on any atom is 0.0591 e. The maximum atomic E-state index is 4.94. The molecule has 7 heteroatoms. The first-order valence-electron chi connectivity index (χ1n) is 18.2. The smallest absolute Gasteiger partial charge is 0.0591 e. The van der Waals surface area contributed by atoms with Gasteiger partial charge in [0.05, 0.1) is 29.8 Å². The minimum absolute atomic E-state index is 1.00. The van der Waals surface area contributed by atoms with Crippen molar-refractivity contribution in [1.29, 1.82) is 0 Å². The second-order valence-electron chi connectivity index (χ2n) is 13.9. The van der Waals surface area contributed by atoms with E-state index < -0.39 is 0 Å². The molecule has 52 heavy (non-hydrogen) atoms. The standard InChI is InChI=1S/C37H19NS4.2C4H8O/c1-38-32-28-20-12-4-8-16-24(20)41-36(28)34-26(18-10-2-6-14-22(18)39-34)30(32)31-27-19-11-3-7-15-23(19)40-35(27)37-29(33(31)38)21-13-5-9-17-25(21)42-37;2*1-2-4-5-3-1/h2-17H,1H3;2*1-4H2. The summed E-state index contributed by atoms with van der Waals surface area (Å²) in [6.07, 6.45) is 5.11. The van der Waals surface area contributed by atoms with E-state index in [2.05, 4.69) is 109 Å². The summed E-state index contributed by atoms with van der Waals surface area (Å²) >= 11 is 7.84. The van der Waals surface area contributed by atoms with Crippen LogP contribution in [0.5, 0.6) is 0 Å². The van der Waals surface area contributed by atoms with Crippen LogP contribution < -0.4 is 0 Å².